The molecule has 1 aliphatic carbocycles. The van der Waals surface area contributed by atoms with Gasteiger partial charge in [-0.05, 0) is 19.3 Å². The minimum absolute atomic E-state index is 0.104. The van der Waals surface area contributed by atoms with Gasteiger partial charge in [-0.3, -0.25) is 0 Å². The molecule has 2 rings (SSSR count). The van der Waals surface area contributed by atoms with Gasteiger partial charge in [0.1, 0.15) is 0 Å². The molecule has 1 aromatic rings. The number of aliphatic hydroxyl groups is 1. The maximum atomic E-state index is 9.60. The highest BCUT2D eigenvalue weighted by Gasteiger charge is 2.27. The summed E-state index contributed by atoms with van der Waals surface area (Å²) in [6.45, 7) is 0.406. The fraction of sp³-hybridized carbons (Fsp3) is 0.750. The monoisotopic (exact) mass is 182 g/mol. The molecule has 1 saturated carbocycles. The Labute approximate surface area is 76.5 Å². The summed E-state index contributed by atoms with van der Waals surface area (Å²) in [5, 5.41) is 17.4. The summed E-state index contributed by atoms with van der Waals surface area (Å²) in [6.07, 6.45) is 4.45. The maximum absolute atomic E-state index is 9.60. The lowest BCUT2D eigenvalue weighted by Crippen LogP contribution is -2.18. The van der Waals surface area contributed by atoms with Crippen molar-refractivity contribution >= 4 is 0 Å². The van der Waals surface area contributed by atoms with Crippen molar-refractivity contribution in [2.75, 3.05) is 0 Å². The van der Waals surface area contributed by atoms with Gasteiger partial charge in [0, 0.05) is 6.54 Å². The predicted molar refractivity (Wildman–Crippen MR) is 46.8 cm³/mol. The van der Waals surface area contributed by atoms with E-state index in [-0.39, 0.29) is 12.1 Å². The van der Waals surface area contributed by atoms with Crippen molar-refractivity contribution in [3.8, 4) is 0 Å². The van der Waals surface area contributed by atoms with Gasteiger partial charge in [-0.1, -0.05) is 5.21 Å². The summed E-state index contributed by atoms with van der Waals surface area (Å²) in [6, 6.07) is 0.104. The van der Waals surface area contributed by atoms with Gasteiger partial charge in [-0.15, -0.1) is 5.10 Å². The van der Waals surface area contributed by atoms with E-state index in [1.54, 1.807) is 4.68 Å². The van der Waals surface area contributed by atoms with Crippen LogP contribution in [0.4, 0.5) is 0 Å². The van der Waals surface area contributed by atoms with Gasteiger partial charge < -0.3 is 10.8 Å². The summed E-state index contributed by atoms with van der Waals surface area (Å²) < 4.78 is 1.74. The zero-order valence-electron chi connectivity index (χ0n) is 7.43. The number of aromatic nitrogens is 3. The zero-order chi connectivity index (χ0) is 9.26. The van der Waals surface area contributed by atoms with E-state index < -0.39 is 0 Å². The fourth-order valence-electron chi connectivity index (χ4n) is 1.80. The molecule has 72 valence electrons. The van der Waals surface area contributed by atoms with Gasteiger partial charge in [0.05, 0.1) is 24.0 Å². The maximum Gasteiger partial charge on any atom is 0.0962 e. The second-order valence-electron chi connectivity index (χ2n) is 3.46. The fourth-order valence-corrected chi connectivity index (χ4v) is 1.80. The second-order valence-corrected chi connectivity index (χ2v) is 3.46. The Hall–Kier alpha value is -0.940. The van der Waals surface area contributed by atoms with E-state index in [4.69, 9.17) is 5.73 Å². The summed E-state index contributed by atoms with van der Waals surface area (Å²) in [7, 11) is 0. The van der Waals surface area contributed by atoms with Crippen molar-refractivity contribution in [3.05, 3.63) is 11.9 Å². The first-order chi connectivity index (χ1) is 6.31. The molecule has 2 atom stereocenters. The molecule has 0 saturated heterocycles. The Kier molecular flexibility index (Phi) is 2.28. The van der Waals surface area contributed by atoms with Crippen LogP contribution in [-0.4, -0.2) is 26.2 Å². The van der Waals surface area contributed by atoms with Crippen LogP contribution in [-0.2, 0) is 6.54 Å². The molecule has 1 aromatic heterocycles. The molecule has 3 N–H and O–H groups in total. The minimum Gasteiger partial charge on any atom is -0.391 e. The first-order valence-corrected chi connectivity index (χ1v) is 4.60. The van der Waals surface area contributed by atoms with Gasteiger partial charge in [0.2, 0.25) is 0 Å². The third-order valence-electron chi connectivity index (χ3n) is 2.55. The average Bonchev–Trinajstić information content (AvgIpc) is 2.71. The van der Waals surface area contributed by atoms with E-state index in [0.717, 1.165) is 25.0 Å². The molecule has 1 aliphatic rings. The summed E-state index contributed by atoms with van der Waals surface area (Å²) >= 11 is 0. The van der Waals surface area contributed by atoms with Crippen LogP contribution in [0, 0.1) is 0 Å². The third-order valence-corrected chi connectivity index (χ3v) is 2.55. The van der Waals surface area contributed by atoms with E-state index in [1.165, 1.54) is 0 Å². The number of hydrogen-bond acceptors (Lipinski definition) is 4. The Morgan fingerprint density at radius 2 is 2.46 bits per heavy atom. The zero-order valence-corrected chi connectivity index (χ0v) is 7.43. The molecule has 0 radical (unpaired) electrons. The van der Waals surface area contributed by atoms with Crippen molar-refractivity contribution in [1.82, 2.24) is 15.0 Å². The largest absolute Gasteiger partial charge is 0.391 e. The molecule has 0 aliphatic heterocycles. The molecule has 0 amide bonds. The quantitative estimate of drug-likeness (QED) is 0.665. The Morgan fingerprint density at radius 1 is 1.62 bits per heavy atom. The lowest BCUT2D eigenvalue weighted by molar-refractivity contribution is 0.129. The van der Waals surface area contributed by atoms with Gasteiger partial charge in [0.15, 0.2) is 0 Å². The first kappa shape index (κ1) is 8.65. The highest BCUT2D eigenvalue weighted by Crippen LogP contribution is 2.29. The lowest BCUT2D eigenvalue weighted by atomic mass is 10.2. The van der Waals surface area contributed by atoms with E-state index in [0.29, 0.717) is 6.54 Å². The van der Waals surface area contributed by atoms with Crippen LogP contribution >= 0.6 is 0 Å². The summed E-state index contributed by atoms with van der Waals surface area (Å²) in [4.78, 5) is 0. The predicted octanol–water partition coefficient (Wildman–Crippen LogP) is -0.177. The van der Waals surface area contributed by atoms with E-state index in [2.05, 4.69) is 10.3 Å². The molecule has 1 fully saturated rings. The Bertz CT molecular complexity index is 285. The minimum atomic E-state index is -0.271. The molecule has 0 aromatic carbocycles. The molecule has 1 heterocycles. The molecule has 13 heavy (non-hydrogen) atoms. The van der Waals surface area contributed by atoms with Crippen molar-refractivity contribution in [3.63, 3.8) is 0 Å². The van der Waals surface area contributed by atoms with Crippen molar-refractivity contribution in [2.45, 2.75) is 38.0 Å². The van der Waals surface area contributed by atoms with E-state index in [1.807, 2.05) is 6.20 Å². The van der Waals surface area contributed by atoms with Crippen LogP contribution in [0.25, 0.3) is 0 Å². The molecule has 0 spiro atoms. The molecular formula is C8H14N4O. The number of nitrogens with two attached hydrogens (primary N) is 1. The standard InChI is InChI=1S/C8H14N4O/c9-4-6-5-12(11-10-6)7-2-1-3-8(7)13/h5,7-8,13H,1-4,9H2. The van der Waals surface area contributed by atoms with Gasteiger partial charge in [0.25, 0.3) is 0 Å². The van der Waals surface area contributed by atoms with Gasteiger partial charge in [-0.2, -0.15) is 0 Å². The normalized spacial score (nSPS) is 28.2. The van der Waals surface area contributed by atoms with Crippen molar-refractivity contribution in [1.29, 1.82) is 0 Å². The third kappa shape index (κ3) is 1.57. The Morgan fingerprint density at radius 3 is 3.00 bits per heavy atom. The molecule has 2 unspecified atom stereocenters. The van der Waals surface area contributed by atoms with Crippen LogP contribution in [0.5, 0.6) is 0 Å². The SMILES string of the molecule is NCc1cn(C2CCCC2O)nn1. The molecular weight excluding hydrogens is 168 g/mol. The van der Waals surface area contributed by atoms with Crippen molar-refractivity contribution in [2.24, 2.45) is 5.73 Å². The van der Waals surface area contributed by atoms with Crippen LogP contribution in [0.1, 0.15) is 31.0 Å². The van der Waals surface area contributed by atoms with Crippen LogP contribution in [0.15, 0.2) is 6.20 Å². The number of rotatable bonds is 2. The summed E-state index contributed by atoms with van der Waals surface area (Å²) in [5.74, 6) is 0. The number of aliphatic hydroxyl groups excluding tert-OH is 1. The summed E-state index contributed by atoms with van der Waals surface area (Å²) in [5.41, 5.74) is 6.20. The number of nitrogens with zero attached hydrogens (tertiary/aromatic N) is 3. The van der Waals surface area contributed by atoms with Gasteiger partial charge >= 0.3 is 0 Å². The van der Waals surface area contributed by atoms with E-state index >= 15 is 0 Å². The molecule has 5 nitrogen and oxygen atoms in total. The highest BCUT2D eigenvalue weighted by atomic mass is 16.3. The second kappa shape index (κ2) is 3.43. The molecule has 5 heteroatoms. The number of hydrogen-bond donors (Lipinski definition) is 2. The smallest absolute Gasteiger partial charge is 0.0962 e. The van der Waals surface area contributed by atoms with Crippen LogP contribution < -0.4 is 5.73 Å². The van der Waals surface area contributed by atoms with E-state index in [9.17, 15) is 5.11 Å². The topological polar surface area (TPSA) is 77.0 Å². The first-order valence-electron chi connectivity index (χ1n) is 4.60. The average molecular weight is 182 g/mol. The Balaban J connectivity index is 2.15. The van der Waals surface area contributed by atoms with Crippen LogP contribution in [0.3, 0.4) is 0 Å². The van der Waals surface area contributed by atoms with Gasteiger partial charge in [-0.25, -0.2) is 4.68 Å². The van der Waals surface area contributed by atoms with Crippen molar-refractivity contribution < 1.29 is 5.11 Å². The highest BCUT2D eigenvalue weighted by molar-refractivity contribution is 4.94. The van der Waals surface area contributed by atoms with Crippen LogP contribution in [0.2, 0.25) is 0 Å². The lowest BCUT2D eigenvalue weighted by Gasteiger charge is -2.13. The molecule has 0 bridgehead atoms.